The molecule has 0 aromatic carbocycles. The maximum absolute atomic E-state index is 13.6. The second-order valence-corrected chi connectivity index (χ2v) is 5.94. The van der Waals surface area contributed by atoms with Crippen molar-refractivity contribution >= 4 is 5.91 Å². The number of alkyl halides is 2. The summed E-state index contributed by atoms with van der Waals surface area (Å²) in [7, 11) is 1.52. The lowest BCUT2D eigenvalue weighted by Gasteiger charge is -2.45. The summed E-state index contributed by atoms with van der Waals surface area (Å²) < 4.78 is 32.3. The van der Waals surface area contributed by atoms with Crippen molar-refractivity contribution in [2.45, 2.75) is 24.4 Å². The summed E-state index contributed by atoms with van der Waals surface area (Å²) >= 11 is 0. The molecule has 1 atom stereocenters. The Bertz CT molecular complexity index is 535. The van der Waals surface area contributed by atoms with Crippen LogP contribution >= 0.6 is 0 Å². The van der Waals surface area contributed by atoms with Crippen LogP contribution in [0.5, 0.6) is 0 Å². The first-order valence-electron chi connectivity index (χ1n) is 7.32. The van der Waals surface area contributed by atoms with Crippen LogP contribution in [0.25, 0.3) is 0 Å². The largest absolute Gasteiger partial charge is 0.383 e. The van der Waals surface area contributed by atoms with Gasteiger partial charge >= 0.3 is 0 Å². The molecule has 0 bridgehead atoms. The number of amides is 1. The minimum Gasteiger partial charge on any atom is -0.383 e. The average Bonchev–Trinajstić information content (AvgIpc) is 2.73. The molecule has 3 heterocycles. The Morgan fingerprint density at radius 1 is 1.41 bits per heavy atom. The molecule has 2 aliphatic heterocycles. The molecule has 1 aromatic heterocycles. The fourth-order valence-electron chi connectivity index (χ4n) is 3.20. The van der Waals surface area contributed by atoms with Gasteiger partial charge in [0.2, 0.25) is 0 Å². The van der Waals surface area contributed by atoms with Gasteiger partial charge in [-0.05, 0) is 12.1 Å². The van der Waals surface area contributed by atoms with Crippen LogP contribution in [-0.2, 0) is 4.74 Å². The van der Waals surface area contributed by atoms with E-state index >= 15 is 0 Å². The van der Waals surface area contributed by atoms with Gasteiger partial charge in [-0.25, -0.2) is 8.78 Å². The van der Waals surface area contributed by atoms with E-state index in [0.717, 1.165) is 0 Å². The van der Waals surface area contributed by atoms with Crippen LogP contribution in [0, 0.1) is 0 Å². The number of methoxy groups -OCH3 is 1. The molecule has 1 amide bonds. The highest BCUT2D eigenvalue weighted by molar-refractivity contribution is 5.94. The number of aromatic nitrogens is 1. The van der Waals surface area contributed by atoms with Crippen molar-refractivity contribution in [3.05, 3.63) is 30.1 Å². The van der Waals surface area contributed by atoms with Crippen molar-refractivity contribution in [3.8, 4) is 0 Å². The Hall–Kier alpha value is -1.60. The first-order chi connectivity index (χ1) is 10.5. The third-order valence-corrected chi connectivity index (χ3v) is 4.32. The molecule has 0 saturated carbocycles. The smallest absolute Gasteiger partial charge is 0.262 e. The molecule has 3 rings (SSSR count). The van der Waals surface area contributed by atoms with Crippen LogP contribution in [0.4, 0.5) is 8.78 Å². The van der Waals surface area contributed by atoms with Crippen LogP contribution in [0.1, 0.15) is 16.8 Å². The van der Waals surface area contributed by atoms with Crippen LogP contribution in [0.2, 0.25) is 0 Å². The SMILES string of the molecule is COCC1CC(F)(F)CN1C1CN(C(=O)c2ccncc2)C1. The number of ether oxygens (including phenoxy) is 1. The van der Waals surface area contributed by atoms with E-state index in [4.69, 9.17) is 4.74 Å². The summed E-state index contributed by atoms with van der Waals surface area (Å²) in [4.78, 5) is 19.6. The molecular weight excluding hydrogens is 292 g/mol. The van der Waals surface area contributed by atoms with Crippen molar-refractivity contribution in [1.29, 1.82) is 0 Å². The highest BCUT2D eigenvalue weighted by Gasteiger charge is 2.50. The van der Waals surface area contributed by atoms with E-state index in [2.05, 4.69) is 4.98 Å². The Kier molecular flexibility index (Phi) is 4.10. The van der Waals surface area contributed by atoms with E-state index < -0.39 is 5.92 Å². The average molecular weight is 311 g/mol. The van der Waals surface area contributed by atoms with Gasteiger partial charge in [-0.15, -0.1) is 0 Å². The topological polar surface area (TPSA) is 45.7 Å². The lowest BCUT2D eigenvalue weighted by Crippen LogP contribution is -2.62. The molecule has 5 nitrogen and oxygen atoms in total. The van der Waals surface area contributed by atoms with Gasteiger partial charge in [0.25, 0.3) is 11.8 Å². The molecule has 1 aromatic rings. The molecule has 2 aliphatic rings. The van der Waals surface area contributed by atoms with Gasteiger partial charge in [0, 0.05) is 56.7 Å². The van der Waals surface area contributed by atoms with Crippen molar-refractivity contribution < 1.29 is 18.3 Å². The van der Waals surface area contributed by atoms with E-state index in [1.54, 1.807) is 34.3 Å². The summed E-state index contributed by atoms with van der Waals surface area (Å²) in [6.07, 6.45) is 2.97. The molecule has 120 valence electrons. The number of likely N-dealkylation sites (tertiary alicyclic amines) is 2. The zero-order chi connectivity index (χ0) is 15.7. The fourth-order valence-corrected chi connectivity index (χ4v) is 3.20. The number of hydrogen-bond donors (Lipinski definition) is 0. The van der Waals surface area contributed by atoms with E-state index in [1.807, 2.05) is 0 Å². The van der Waals surface area contributed by atoms with Crippen molar-refractivity contribution in [2.75, 3.05) is 33.4 Å². The van der Waals surface area contributed by atoms with Gasteiger partial charge in [-0.1, -0.05) is 0 Å². The molecule has 2 fully saturated rings. The third-order valence-electron chi connectivity index (χ3n) is 4.32. The fraction of sp³-hybridized carbons (Fsp3) is 0.600. The Morgan fingerprint density at radius 3 is 2.73 bits per heavy atom. The minimum absolute atomic E-state index is 0.0145. The van der Waals surface area contributed by atoms with Crippen LogP contribution in [0.15, 0.2) is 24.5 Å². The number of nitrogens with zero attached hydrogens (tertiary/aromatic N) is 3. The maximum atomic E-state index is 13.6. The molecular formula is C15H19F2N3O2. The normalized spacial score (nSPS) is 25.2. The van der Waals surface area contributed by atoms with Gasteiger partial charge in [0.1, 0.15) is 0 Å². The number of carbonyl (C=O) groups excluding carboxylic acids is 1. The lowest BCUT2D eigenvalue weighted by molar-refractivity contribution is -0.0136. The molecule has 0 spiro atoms. The molecule has 1 unspecified atom stereocenters. The lowest BCUT2D eigenvalue weighted by atomic mass is 10.0. The summed E-state index contributed by atoms with van der Waals surface area (Å²) in [6, 6.07) is 3.03. The van der Waals surface area contributed by atoms with Crippen molar-refractivity contribution in [1.82, 2.24) is 14.8 Å². The Labute approximate surface area is 127 Å². The number of halogens is 2. The predicted octanol–water partition coefficient (Wildman–Crippen LogP) is 1.26. The second kappa shape index (κ2) is 5.89. The van der Waals surface area contributed by atoms with Gasteiger partial charge in [0.15, 0.2) is 0 Å². The minimum atomic E-state index is -2.67. The zero-order valence-electron chi connectivity index (χ0n) is 12.4. The van der Waals surface area contributed by atoms with Gasteiger partial charge < -0.3 is 9.64 Å². The van der Waals surface area contributed by atoms with Crippen LogP contribution in [-0.4, -0.2) is 72.0 Å². The highest BCUT2D eigenvalue weighted by atomic mass is 19.3. The van der Waals surface area contributed by atoms with Crippen molar-refractivity contribution in [3.63, 3.8) is 0 Å². The van der Waals surface area contributed by atoms with Crippen molar-refractivity contribution in [2.24, 2.45) is 0 Å². The Morgan fingerprint density at radius 2 is 2.09 bits per heavy atom. The van der Waals surface area contributed by atoms with Crippen LogP contribution < -0.4 is 0 Å². The number of rotatable bonds is 4. The number of carbonyl (C=O) groups is 1. The molecule has 22 heavy (non-hydrogen) atoms. The summed E-state index contributed by atoms with van der Waals surface area (Å²) in [5, 5.41) is 0. The third kappa shape index (κ3) is 2.96. The standard InChI is InChI=1S/C15H19F2N3O2/c1-22-9-12-6-15(16,17)10-20(12)13-7-19(8-13)14(21)11-2-4-18-5-3-11/h2-5,12-13H,6-10H2,1H3. The summed E-state index contributed by atoms with van der Waals surface area (Å²) in [6.45, 7) is 1.02. The van der Waals surface area contributed by atoms with E-state index in [0.29, 0.717) is 25.3 Å². The van der Waals surface area contributed by atoms with Gasteiger partial charge in [-0.3, -0.25) is 14.7 Å². The molecule has 0 N–H and O–H groups in total. The van der Waals surface area contributed by atoms with Gasteiger partial charge in [-0.2, -0.15) is 0 Å². The van der Waals surface area contributed by atoms with E-state index in [-0.39, 0.29) is 31.0 Å². The van der Waals surface area contributed by atoms with Crippen LogP contribution in [0.3, 0.4) is 0 Å². The predicted molar refractivity (Wildman–Crippen MR) is 75.9 cm³/mol. The van der Waals surface area contributed by atoms with Gasteiger partial charge in [0.05, 0.1) is 13.2 Å². The second-order valence-electron chi connectivity index (χ2n) is 5.94. The number of hydrogen-bond acceptors (Lipinski definition) is 4. The van der Waals surface area contributed by atoms with E-state index in [9.17, 15) is 13.6 Å². The monoisotopic (exact) mass is 311 g/mol. The molecule has 7 heteroatoms. The summed E-state index contributed by atoms with van der Waals surface area (Å²) in [5.74, 6) is -2.74. The summed E-state index contributed by atoms with van der Waals surface area (Å²) in [5.41, 5.74) is 0.577. The molecule has 0 radical (unpaired) electrons. The number of pyridine rings is 1. The first kappa shape index (κ1) is 15.3. The highest BCUT2D eigenvalue weighted by Crippen LogP contribution is 2.35. The zero-order valence-corrected chi connectivity index (χ0v) is 12.4. The van der Waals surface area contributed by atoms with E-state index in [1.165, 1.54) is 7.11 Å². The quantitative estimate of drug-likeness (QED) is 0.840. The Balaban J connectivity index is 1.59. The molecule has 0 aliphatic carbocycles. The maximum Gasteiger partial charge on any atom is 0.262 e. The first-order valence-corrected chi connectivity index (χ1v) is 7.32. The molecule has 2 saturated heterocycles.